The number of amides is 1. The van der Waals surface area contributed by atoms with Crippen LogP contribution in [0.15, 0.2) is 58.4 Å². The Bertz CT molecular complexity index is 2280. The molecule has 6 rings (SSSR count). The van der Waals surface area contributed by atoms with Crippen LogP contribution in [-0.2, 0) is 31.0 Å². The van der Waals surface area contributed by atoms with E-state index in [1.165, 1.54) is 13.1 Å². The van der Waals surface area contributed by atoms with Gasteiger partial charge in [-0.25, -0.2) is 9.97 Å². The van der Waals surface area contributed by atoms with Gasteiger partial charge in [-0.15, -0.1) is 0 Å². The van der Waals surface area contributed by atoms with Crippen LogP contribution in [0, 0.1) is 0 Å². The average molecular weight is 777 g/mol. The molecule has 0 aliphatic heterocycles. The smallest absolute Gasteiger partial charge is 0.278 e. The summed E-state index contributed by atoms with van der Waals surface area (Å²) in [5.74, 6) is 0.665. The zero-order chi connectivity index (χ0) is 36.7. The number of nitrogens with one attached hydrogen (secondary N) is 5. The molecule has 268 valence electrons. The SMILES string of the molecule is CC(=O)N(C)CCn1ncc2nc(NCc3ccc(Cl)c(Cl)c3)[nH]c(=O)c21.CNCCn1ncc2nc(NCc3ccc(Cl)c(Cl)c3)[nH]c(=O)c21. The van der Waals surface area contributed by atoms with E-state index in [0.717, 1.165) is 11.1 Å². The predicted octanol–water partition coefficient (Wildman–Crippen LogP) is 4.77. The van der Waals surface area contributed by atoms with Crippen molar-refractivity contribution < 1.29 is 4.79 Å². The number of nitrogens with zero attached hydrogens (tertiary/aromatic N) is 7. The van der Waals surface area contributed by atoms with Gasteiger partial charge in [-0.1, -0.05) is 58.5 Å². The molecule has 0 aliphatic rings. The van der Waals surface area contributed by atoms with Crippen molar-refractivity contribution in [3.8, 4) is 0 Å². The zero-order valence-corrected chi connectivity index (χ0v) is 30.8. The summed E-state index contributed by atoms with van der Waals surface area (Å²) >= 11 is 23.8. The number of likely N-dealkylation sites (N-methyl/N-ethyl adjacent to an activating group) is 2. The molecule has 0 radical (unpaired) electrons. The van der Waals surface area contributed by atoms with E-state index in [-0.39, 0.29) is 17.0 Å². The summed E-state index contributed by atoms with van der Waals surface area (Å²) in [6.45, 7) is 4.53. The highest BCUT2D eigenvalue weighted by Gasteiger charge is 2.13. The molecule has 15 nitrogen and oxygen atoms in total. The minimum atomic E-state index is -0.306. The van der Waals surface area contributed by atoms with Gasteiger partial charge in [0, 0.05) is 40.2 Å². The lowest BCUT2D eigenvalue weighted by Gasteiger charge is -2.14. The Morgan fingerprint density at radius 2 is 1.24 bits per heavy atom. The number of carbonyl (C=O) groups is 1. The molecule has 0 fully saturated rings. The Morgan fingerprint density at radius 1 is 0.765 bits per heavy atom. The first-order chi connectivity index (χ1) is 24.4. The van der Waals surface area contributed by atoms with Crippen molar-refractivity contribution in [2.45, 2.75) is 33.1 Å². The lowest BCUT2D eigenvalue weighted by atomic mass is 10.2. The van der Waals surface area contributed by atoms with Gasteiger partial charge in [0.25, 0.3) is 11.1 Å². The highest BCUT2D eigenvalue weighted by molar-refractivity contribution is 6.42. The molecule has 0 atom stereocenters. The number of anilines is 2. The standard InChI is InChI=1S/C17H18Cl2N6O2.C15H16Cl2N6O/c1-10(26)24(2)5-6-25-15-14(9-21-25)22-17(23-16(15)27)20-8-11-3-4-12(18)13(19)7-11;1-18-4-5-23-13-12(8-20-23)21-15(22-14(13)24)19-7-9-2-3-10(16)11(17)6-9/h3-4,7,9H,5-6,8H2,1-2H3,(H2,20,22,23,27);2-3,6,8,18H,4-5,7H2,1H3,(H2,19,21,22,24). The molecule has 0 unspecified atom stereocenters. The maximum atomic E-state index is 12.5. The number of aromatic amines is 2. The fourth-order valence-corrected chi connectivity index (χ4v) is 5.45. The first kappa shape index (κ1) is 37.6. The molecule has 6 aromatic rings. The van der Waals surface area contributed by atoms with Gasteiger partial charge in [0.1, 0.15) is 11.0 Å². The fraction of sp³-hybridized carbons (Fsp3) is 0.281. The second-order valence-electron chi connectivity index (χ2n) is 11.3. The molecule has 1 amide bonds. The molecule has 0 bridgehead atoms. The van der Waals surface area contributed by atoms with Crippen LogP contribution in [0.2, 0.25) is 20.1 Å². The van der Waals surface area contributed by atoms with Crippen molar-refractivity contribution in [1.82, 2.24) is 49.7 Å². The van der Waals surface area contributed by atoms with Crippen LogP contribution in [-0.4, -0.2) is 77.5 Å². The van der Waals surface area contributed by atoms with Gasteiger partial charge >= 0.3 is 0 Å². The topological polar surface area (TPSA) is 184 Å². The number of H-pyrrole nitrogens is 2. The molecule has 19 heteroatoms. The second-order valence-corrected chi connectivity index (χ2v) is 12.9. The van der Waals surface area contributed by atoms with Crippen LogP contribution in [0.5, 0.6) is 0 Å². The minimum Gasteiger partial charge on any atom is -0.352 e. The molecule has 0 saturated carbocycles. The number of hydrogen-bond acceptors (Lipinski definition) is 10. The van der Waals surface area contributed by atoms with Gasteiger partial charge in [-0.05, 0) is 42.4 Å². The van der Waals surface area contributed by atoms with Crippen molar-refractivity contribution in [3.63, 3.8) is 0 Å². The Kier molecular flexibility index (Phi) is 12.5. The van der Waals surface area contributed by atoms with Gasteiger partial charge in [0.15, 0.2) is 11.0 Å². The van der Waals surface area contributed by atoms with Gasteiger partial charge in [-0.2, -0.15) is 10.2 Å². The summed E-state index contributed by atoms with van der Waals surface area (Å²) in [6.07, 6.45) is 3.12. The van der Waals surface area contributed by atoms with E-state index in [1.54, 1.807) is 51.8 Å². The van der Waals surface area contributed by atoms with Crippen LogP contribution in [0.25, 0.3) is 22.1 Å². The van der Waals surface area contributed by atoms with E-state index < -0.39 is 0 Å². The number of benzene rings is 2. The largest absolute Gasteiger partial charge is 0.352 e. The fourth-order valence-electron chi connectivity index (χ4n) is 4.81. The van der Waals surface area contributed by atoms with Gasteiger partial charge in [-0.3, -0.25) is 33.7 Å². The average Bonchev–Trinajstić information content (AvgIpc) is 3.72. The molecule has 5 N–H and O–H groups in total. The molecular formula is C32H34Cl4N12O3. The van der Waals surface area contributed by atoms with Crippen LogP contribution in [0.4, 0.5) is 11.9 Å². The number of fused-ring (bicyclic) bond motifs is 2. The normalized spacial score (nSPS) is 11.0. The van der Waals surface area contributed by atoms with E-state index in [2.05, 4.69) is 46.1 Å². The third kappa shape index (κ3) is 9.56. The van der Waals surface area contributed by atoms with Crippen molar-refractivity contribution in [1.29, 1.82) is 0 Å². The Labute approximate surface area is 311 Å². The Morgan fingerprint density at radius 3 is 1.67 bits per heavy atom. The summed E-state index contributed by atoms with van der Waals surface area (Å²) in [6, 6.07) is 10.6. The predicted molar refractivity (Wildman–Crippen MR) is 201 cm³/mol. The summed E-state index contributed by atoms with van der Waals surface area (Å²) < 4.78 is 3.18. The molecule has 0 spiro atoms. The van der Waals surface area contributed by atoms with Crippen LogP contribution >= 0.6 is 46.4 Å². The minimum absolute atomic E-state index is 0.0488. The van der Waals surface area contributed by atoms with Gasteiger partial charge in [0.05, 0.1) is 45.6 Å². The van der Waals surface area contributed by atoms with Crippen molar-refractivity contribution in [2.75, 3.05) is 37.8 Å². The lowest BCUT2D eigenvalue weighted by Crippen LogP contribution is -2.28. The van der Waals surface area contributed by atoms with Crippen molar-refractivity contribution >= 4 is 86.3 Å². The number of aromatic nitrogens is 8. The monoisotopic (exact) mass is 774 g/mol. The highest BCUT2D eigenvalue weighted by Crippen LogP contribution is 2.24. The summed E-state index contributed by atoms with van der Waals surface area (Å²) in [4.78, 5) is 51.8. The third-order valence-electron chi connectivity index (χ3n) is 7.65. The van der Waals surface area contributed by atoms with Crippen molar-refractivity contribution in [3.05, 3.63) is 101 Å². The maximum Gasteiger partial charge on any atom is 0.278 e. The Balaban J connectivity index is 0.000000199. The number of halogens is 4. The first-order valence-corrected chi connectivity index (χ1v) is 17.1. The summed E-state index contributed by atoms with van der Waals surface area (Å²) in [5, 5.41) is 19.5. The van der Waals surface area contributed by atoms with Gasteiger partial charge < -0.3 is 20.9 Å². The molecule has 0 aliphatic carbocycles. The quantitative estimate of drug-likeness (QED) is 0.116. The van der Waals surface area contributed by atoms with E-state index >= 15 is 0 Å². The van der Waals surface area contributed by atoms with Crippen LogP contribution < -0.4 is 27.1 Å². The Hall–Kier alpha value is -4.67. The molecule has 2 aromatic carbocycles. The number of carbonyl (C=O) groups excluding carboxylic acids is 1. The first-order valence-electron chi connectivity index (χ1n) is 15.6. The summed E-state index contributed by atoms with van der Waals surface area (Å²) in [7, 11) is 3.54. The zero-order valence-electron chi connectivity index (χ0n) is 27.7. The van der Waals surface area contributed by atoms with Crippen molar-refractivity contribution in [2.24, 2.45) is 0 Å². The lowest BCUT2D eigenvalue weighted by molar-refractivity contribution is -0.127. The summed E-state index contributed by atoms with van der Waals surface area (Å²) in [5.41, 5.74) is 3.14. The molecule has 0 saturated heterocycles. The van der Waals surface area contributed by atoms with E-state index in [1.807, 2.05) is 19.2 Å². The van der Waals surface area contributed by atoms with Crippen LogP contribution in [0.1, 0.15) is 18.1 Å². The van der Waals surface area contributed by atoms with Crippen LogP contribution in [0.3, 0.4) is 0 Å². The third-order valence-corrected chi connectivity index (χ3v) is 9.12. The van der Waals surface area contributed by atoms with E-state index in [4.69, 9.17) is 46.4 Å². The van der Waals surface area contributed by atoms with Gasteiger partial charge in [0.2, 0.25) is 17.8 Å². The van der Waals surface area contributed by atoms with E-state index in [9.17, 15) is 14.4 Å². The number of hydrogen-bond donors (Lipinski definition) is 5. The maximum absolute atomic E-state index is 12.5. The molecule has 4 heterocycles. The highest BCUT2D eigenvalue weighted by atomic mass is 35.5. The van der Waals surface area contributed by atoms with E-state index in [0.29, 0.717) is 93.3 Å². The number of rotatable bonds is 12. The second kappa shape index (κ2) is 17.0. The molecule has 4 aromatic heterocycles. The molecule has 51 heavy (non-hydrogen) atoms. The molecular weight excluding hydrogens is 742 g/mol.